The van der Waals surface area contributed by atoms with E-state index in [9.17, 15) is 4.79 Å². The molecule has 1 heterocycles. The summed E-state index contributed by atoms with van der Waals surface area (Å²) in [5, 5.41) is 8.58. The largest absolute Gasteiger partial charge is 0.481 e. The number of hydrogen-bond acceptors (Lipinski definition) is 5. The van der Waals surface area contributed by atoms with E-state index < -0.39 is 5.97 Å². The van der Waals surface area contributed by atoms with Crippen LogP contribution in [0.4, 0.5) is 0 Å². The summed E-state index contributed by atoms with van der Waals surface area (Å²) in [6.07, 6.45) is 4.36. The second kappa shape index (κ2) is 6.19. The van der Waals surface area contributed by atoms with E-state index in [1.165, 1.54) is 13.2 Å². The highest BCUT2D eigenvalue weighted by Crippen LogP contribution is 2.14. The molecule has 0 saturated carbocycles. The normalized spacial score (nSPS) is 10.4. The molecule has 0 atom stereocenters. The molecule has 0 aliphatic heterocycles. The highest BCUT2D eigenvalue weighted by molar-refractivity contribution is 5.72. The third kappa shape index (κ3) is 3.42. The number of carbonyl (C=O) groups is 1. The summed E-state index contributed by atoms with van der Waals surface area (Å²) in [5.74, 6) is -0.187. The Labute approximate surface area is 92.9 Å². The van der Waals surface area contributed by atoms with Crippen molar-refractivity contribution < 1.29 is 14.3 Å². The maximum atomic E-state index is 10.9. The lowest BCUT2D eigenvalue weighted by molar-refractivity contribution is -0.143. The summed E-state index contributed by atoms with van der Waals surface area (Å²) in [4.78, 5) is 14.7. The molecule has 5 nitrogen and oxygen atoms in total. The minimum Gasteiger partial charge on any atom is -0.481 e. The Morgan fingerprint density at radius 2 is 2.25 bits per heavy atom. The van der Waals surface area contributed by atoms with Crippen molar-refractivity contribution in [2.24, 2.45) is 0 Å². The van der Waals surface area contributed by atoms with E-state index in [-0.39, 0.29) is 6.61 Å². The van der Waals surface area contributed by atoms with E-state index in [4.69, 9.17) is 10.00 Å². The fraction of sp³-hybridized carbons (Fsp3) is 0.182. The molecular formula is C11H10N2O3. The van der Waals surface area contributed by atoms with E-state index in [2.05, 4.69) is 9.72 Å². The number of pyridine rings is 1. The van der Waals surface area contributed by atoms with Crippen LogP contribution in [0.25, 0.3) is 5.76 Å². The third-order valence-corrected chi connectivity index (χ3v) is 1.73. The van der Waals surface area contributed by atoms with Gasteiger partial charge in [-0.1, -0.05) is 0 Å². The monoisotopic (exact) mass is 218 g/mol. The van der Waals surface area contributed by atoms with E-state index in [1.807, 2.05) is 6.07 Å². The van der Waals surface area contributed by atoms with Crippen LogP contribution in [0.2, 0.25) is 0 Å². The quantitative estimate of drug-likeness (QED) is 0.430. The molecule has 0 unspecified atom stereocenters. The summed E-state index contributed by atoms with van der Waals surface area (Å²) < 4.78 is 9.59. The smallest absolute Gasteiger partial charge is 0.343 e. The number of nitrogens with zero attached hydrogens (tertiary/aromatic N) is 2. The van der Waals surface area contributed by atoms with Crippen LogP contribution in [-0.2, 0) is 14.3 Å². The SMILES string of the molecule is COC(=O)COC(=CC#N)c1ccncc1. The molecule has 0 N–H and O–H groups in total. The number of carbonyl (C=O) groups excluding carboxylic acids is 1. The number of aromatic nitrogens is 1. The van der Waals surface area contributed by atoms with Crippen LogP contribution in [0.5, 0.6) is 0 Å². The van der Waals surface area contributed by atoms with Gasteiger partial charge in [0.25, 0.3) is 0 Å². The highest BCUT2D eigenvalue weighted by atomic mass is 16.6. The maximum absolute atomic E-state index is 10.9. The second-order valence-electron chi connectivity index (χ2n) is 2.74. The third-order valence-electron chi connectivity index (χ3n) is 1.73. The molecule has 0 amide bonds. The fourth-order valence-electron chi connectivity index (χ4n) is 0.979. The first-order chi connectivity index (χ1) is 7.77. The van der Waals surface area contributed by atoms with Gasteiger partial charge in [-0.3, -0.25) is 4.98 Å². The Hall–Kier alpha value is -2.35. The minimum atomic E-state index is -0.502. The van der Waals surface area contributed by atoms with Crippen molar-refractivity contribution in [2.75, 3.05) is 13.7 Å². The van der Waals surface area contributed by atoms with Gasteiger partial charge in [-0.25, -0.2) is 4.79 Å². The predicted octanol–water partition coefficient (Wildman–Crippen LogP) is 1.14. The van der Waals surface area contributed by atoms with Crippen molar-refractivity contribution in [1.29, 1.82) is 5.26 Å². The molecule has 0 radical (unpaired) electrons. The van der Waals surface area contributed by atoms with Gasteiger partial charge in [0.15, 0.2) is 6.61 Å². The van der Waals surface area contributed by atoms with E-state index >= 15 is 0 Å². The summed E-state index contributed by atoms with van der Waals surface area (Å²) in [6, 6.07) is 5.21. The number of allylic oxidation sites excluding steroid dienone is 1. The average molecular weight is 218 g/mol. The van der Waals surface area contributed by atoms with Gasteiger partial charge in [0.2, 0.25) is 0 Å². The van der Waals surface area contributed by atoms with Crippen LogP contribution in [0, 0.1) is 11.3 Å². The molecule has 1 aromatic heterocycles. The van der Waals surface area contributed by atoms with E-state index in [0.29, 0.717) is 11.3 Å². The van der Waals surface area contributed by atoms with Gasteiger partial charge in [-0.2, -0.15) is 5.26 Å². The maximum Gasteiger partial charge on any atom is 0.343 e. The van der Waals surface area contributed by atoms with Gasteiger partial charge in [-0.05, 0) is 12.1 Å². The molecule has 0 saturated heterocycles. The van der Waals surface area contributed by atoms with Crippen molar-refractivity contribution in [2.45, 2.75) is 0 Å². The molecule has 82 valence electrons. The number of nitriles is 1. The Morgan fingerprint density at radius 3 is 2.81 bits per heavy atom. The van der Waals surface area contributed by atoms with Crippen LogP contribution >= 0.6 is 0 Å². The van der Waals surface area contributed by atoms with Gasteiger partial charge in [0, 0.05) is 18.0 Å². The Morgan fingerprint density at radius 1 is 1.56 bits per heavy atom. The van der Waals surface area contributed by atoms with Crippen LogP contribution in [-0.4, -0.2) is 24.7 Å². The molecular weight excluding hydrogens is 208 g/mol. The number of rotatable bonds is 4. The number of methoxy groups -OCH3 is 1. The topological polar surface area (TPSA) is 72.2 Å². The fourth-order valence-corrected chi connectivity index (χ4v) is 0.979. The molecule has 0 aromatic carbocycles. The van der Waals surface area contributed by atoms with E-state index in [1.54, 1.807) is 24.5 Å². The first kappa shape index (κ1) is 11.7. The molecule has 1 aromatic rings. The van der Waals surface area contributed by atoms with Crippen LogP contribution in [0.15, 0.2) is 30.6 Å². The molecule has 0 aliphatic rings. The molecule has 5 heteroatoms. The molecule has 0 spiro atoms. The van der Waals surface area contributed by atoms with Crippen molar-refractivity contribution in [3.8, 4) is 6.07 Å². The van der Waals surface area contributed by atoms with Crippen molar-refractivity contribution in [1.82, 2.24) is 4.98 Å². The lowest BCUT2D eigenvalue weighted by Gasteiger charge is -2.07. The highest BCUT2D eigenvalue weighted by Gasteiger charge is 2.06. The van der Waals surface area contributed by atoms with Crippen molar-refractivity contribution >= 4 is 11.7 Å². The number of ether oxygens (including phenoxy) is 2. The molecule has 1 rings (SSSR count). The van der Waals surface area contributed by atoms with Crippen molar-refractivity contribution in [3.63, 3.8) is 0 Å². The predicted molar refractivity (Wildman–Crippen MR) is 55.8 cm³/mol. The van der Waals surface area contributed by atoms with Crippen LogP contribution < -0.4 is 0 Å². The number of hydrogen-bond donors (Lipinski definition) is 0. The standard InChI is InChI=1S/C11H10N2O3/c1-15-11(14)8-16-10(2-5-12)9-3-6-13-7-4-9/h2-4,6-7H,8H2,1H3. The Kier molecular flexibility index (Phi) is 4.54. The zero-order valence-corrected chi connectivity index (χ0v) is 8.71. The second-order valence-corrected chi connectivity index (χ2v) is 2.74. The lowest BCUT2D eigenvalue weighted by Crippen LogP contribution is -2.09. The zero-order valence-electron chi connectivity index (χ0n) is 8.71. The zero-order chi connectivity index (χ0) is 11.8. The molecule has 0 fully saturated rings. The average Bonchev–Trinajstić information content (AvgIpc) is 2.35. The van der Waals surface area contributed by atoms with Crippen molar-refractivity contribution in [3.05, 3.63) is 36.2 Å². The van der Waals surface area contributed by atoms with Gasteiger partial charge in [-0.15, -0.1) is 0 Å². The van der Waals surface area contributed by atoms with Gasteiger partial charge in [0.05, 0.1) is 19.3 Å². The summed E-state index contributed by atoms with van der Waals surface area (Å²) in [7, 11) is 1.27. The summed E-state index contributed by atoms with van der Waals surface area (Å²) in [5.41, 5.74) is 0.681. The number of esters is 1. The van der Waals surface area contributed by atoms with Gasteiger partial charge < -0.3 is 9.47 Å². The Balaban J connectivity index is 2.75. The van der Waals surface area contributed by atoms with E-state index in [0.717, 1.165) is 0 Å². The molecule has 0 bridgehead atoms. The lowest BCUT2D eigenvalue weighted by atomic mass is 10.2. The first-order valence-electron chi connectivity index (χ1n) is 4.47. The van der Waals surface area contributed by atoms with Gasteiger partial charge in [0.1, 0.15) is 5.76 Å². The summed E-state index contributed by atoms with van der Waals surface area (Å²) >= 11 is 0. The summed E-state index contributed by atoms with van der Waals surface area (Å²) in [6.45, 7) is -0.230. The first-order valence-corrected chi connectivity index (χ1v) is 4.47. The van der Waals surface area contributed by atoms with Crippen LogP contribution in [0.3, 0.4) is 0 Å². The Bertz CT molecular complexity index is 421. The van der Waals surface area contributed by atoms with Crippen LogP contribution in [0.1, 0.15) is 5.56 Å². The molecule has 16 heavy (non-hydrogen) atoms. The van der Waals surface area contributed by atoms with Gasteiger partial charge >= 0.3 is 5.97 Å². The minimum absolute atomic E-state index is 0.230. The molecule has 0 aliphatic carbocycles.